The largest absolute Gasteiger partial charge is 0.0678 e. The number of hydrogen-bond donors (Lipinski definition) is 0. The van der Waals surface area contributed by atoms with Crippen molar-refractivity contribution in [3.05, 3.63) is 0 Å². The summed E-state index contributed by atoms with van der Waals surface area (Å²) in [5.74, 6) is 4.46. The predicted molar refractivity (Wildman–Crippen MR) is 115 cm³/mol. The van der Waals surface area contributed by atoms with Crippen molar-refractivity contribution < 1.29 is 0 Å². The highest BCUT2D eigenvalue weighted by Crippen LogP contribution is 2.49. The Morgan fingerprint density at radius 1 is 0.480 bits per heavy atom. The van der Waals surface area contributed by atoms with E-state index in [1.807, 2.05) is 0 Å². The molecule has 0 N–H and O–H groups in total. The fourth-order valence-electron chi connectivity index (χ4n) is 7.51. The fraction of sp³-hybridized carbons (Fsp3) is 1.00. The van der Waals surface area contributed by atoms with Crippen molar-refractivity contribution in [3.63, 3.8) is 0 Å². The average Bonchev–Trinajstić information content (AvgIpc) is 2.71. The minimum absolute atomic E-state index is 0.929. The lowest BCUT2D eigenvalue weighted by atomic mass is 9.66. The Kier molecular flexibility index (Phi) is 7.53. The van der Waals surface area contributed by atoms with E-state index in [0.717, 1.165) is 23.7 Å². The van der Waals surface area contributed by atoms with Crippen LogP contribution in [-0.4, -0.2) is 8.07 Å². The van der Waals surface area contributed by atoms with Crippen molar-refractivity contribution >= 4 is 8.07 Å². The molecule has 3 rings (SSSR count). The molecule has 0 bridgehead atoms. The zero-order valence-electron chi connectivity index (χ0n) is 17.7. The van der Waals surface area contributed by atoms with Crippen molar-refractivity contribution in [2.24, 2.45) is 23.7 Å². The first-order valence-electron chi connectivity index (χ1n) is 12.2. The maximum atomic E-state index is 2.51. The summed E-state index contributed by atoms with van der Waals surface area (Å²) in [5.41, 5.74) is 1.17. The second-order valence-electron chi connectivity index (χ2n) is 10.1. The predicted octanol–water partition coefficient (Wildman–Crippen LogP) is 8.44. The van der Waals surface area contributed by atoms with Gasteiger partial charge in [0.1, 0.15) is 0 Å². The number of hydrogen-bond acceptors (Lipinski definition) is 0. The molecule has 0 nitrogen and oxygen atoms in total. The summed E-state index contributed by atoms with van der Waals surface area (Å²) in [6.07, 6.45) is 20.5. The van der Waals surface area contributed by atoms with E-state index in [-0.39, 0.29) is 0 Å². The molecule has 25 heavy (non-hydrogen) atoms. The molecule has 0 aromatic carbocycles. The van der Waals surface area contributed by atoms with Gasteiger partial charge in [0.2, 0.25) is 0 Å². The molecule has 0 atom stereocenters. The third-order valence-electron chi connectivity index (χ3n) is 9.55. The summed E-state index contributed by atoms with van der Waals surface area (Å²) in [4.78, 5) is 0. The molecule has 146 valence electrons. The standard InChI is InChI=1S/C24H46Si/c1-4-25(5-2,6-3)24-18-16-23(17-19-24)22-14-12-21(13-15-22)20-10-8-7-9-11-20/h20-24H,4-19H2,1-3H3. The van der Waals surface area contributed by atoms with Crippen LogP contribution in [0.3, 0.4) is 0 Å². The molecule has 0 aliphatic heterocycles. The molecule has 1 heteroatoms. The van der Waals surface area contributed by atoms with Crippen LogP contribution in [0, 0.1) is 23.7 Å². The van der Waals surface area contributed by atoms with Crippen molar-refractivity contribution in [1.82, 2.24) is 0 Å². The van der Waals surface area contributed by atoms with Crippen LogP contribution in [0.15, 0.2) is 0 Å². The van der Waals surface area contributed by atoms with Crippen LogP contribution in [0.25, 0.3) is 0 Å². The maximum Gasteiger partial charge on any atom is 0.0558 e. The van der Waals surface area contributed by atoms with Gasteiger partial charge in [0.25, 0.3) is 0 Å². The van der Waals surface area contributed by atoms with Gasteiger partial charge in [0.15, 0.2) is 0 Å². The first kappa shape index (κ1) is 20.0. The zero-order chi connectivity index (χ0) is 17.7. The molecule has 3 aliphatic carbocycles. The first-order valence-corrected chi connectivity index (χ1v) is 14.9. The van der Waals surface area contributed by atoms with E-state index in [0.29, 0.717) is 0 Å². The summed E-state index contributed by atoms with van der Waals surface area (Å²) in [6.45, 7) is 7.54. The molecule has 3 aliphatic rings. The van der Waals surface area contributed by atoms with E-state index in [1.54, 1.807) is 82.3 Å². The second-order valence-corrected chi connectivity index (χ2v) is 15.8. The van der Waals surface area contributed by atoms with E-state index in [4.69, 9.17) is 0 Å². The monoisotopic (exact) mass is 362 g/mol. The lowest BCUT2D eigenvalue weighted by molar-refractivity contribution is 0.122. The molecule has 0 amide bonds. The second kappa shape index (κ2) is 9.42. The van der Waals surface area contributed by atoms with Crippen LogP contribution in [0.2, 0.25) is 23.7 Å². The first-order chi connectivity index (χ1) is 12.2. The minimum Gasteiger partial charge on any atom is -0.0678 e. The van der Waals surface area contributed by atoms with Gasteiger partial charge < -0.3 is 0 Å². The lowest BCUT2D eigenvalue weighted by Gasteiger charge is -2.44. The van der Waals surface area contributed by atoms with Crippen LogP contribution in [0.5, 0.6) is 0 Å². The van der Waals surface area contributed by atoms with Gasteiger partial charge >= 0.3 is 0 Å². The highest BCUT2D eigenvalue weighted by Gasteiger charge is 2.40. The van der Waals surface area contributed by atoms with Crippen LogP contribution in [0.4, 0.5) is 0 Å². The summed E-state index contributed by atoms with van der Waals surface area (Å²) >= 11 is 0. The summed E-state index contributed by atoms with van der Waals surface area (Å²) in [5, 5.41) is 0. The Morgan fingerprint density at radius 2 is 0.840 bits per heavy atom. The molecule has 3 saturated carbocycles. The van der Waals surface area contributed by atoms with E-state index < -0.39 is 8.07 Å². The molecule has 0 spiro atoms. The fourth-order valence-corrected chi connectivity index (χ4v) is 12.3. The van der Waals surface area contributed by atoms with E-state index in [2.05, 4.69) is 20.8 Å². The Hall–Kier alpha value is 0.217. The highest BCUT2D eigenvalue weighted by molar-refractivity contribution is 6.81. The van der Waals surface area contributed by atoms with Crippen molar-refractivity contribution in [2.75, 3.05) is 0 Å². The van der Waals surface area contributed by atoms with Crippen molar-refractivity contribution in [3.8, 4) is 0 Å². The van der Waals surface area contributed by atoms with Gasteiger partial charge in [-0.2, -0.15) is 0 Å². The Labute approximate surface area is 159 Å². The number of rotatable bonds is 6. The summed E-state index contributed by atoms with van der Waals surface area (Å²) in [6, 6.07) is 4.63. The van der Waals surface area contributed by atoms with Crippen LogP contribution in [0.1, 0.15) is 104 Å². The maximum absolute atomic E-state index is 2.51. The molecular weight excluding hydrogens is 316 g/mol. The van der Waals surface area contributed by atoms with Crippen LogP contribution < -0.4 is 0 Å². The molecule has 0 aromatic rings. The molecule has 3 fully saturated rings. The SMILES string of the molecule is CC[Si](CC)(CC)C1CCC(C2CCC(C3CCCCC3)CC2)CC1. The Bertz CT molecular complexity index is 355. The molecule has 0 saturated heterocycles. The van der Waals surface area contributed by atoms with Gasteiger partial charge in [-0.1, -0.05) is 96.7 Å². The highest BCUT2D eigenvalue weighted by atomic mass is 28.3. The quantitative estimate of drug-likeness (QED) is 0.416. The average molecular weight is 363 g/mol. The molecule has 0 unspecified atom stereocenters. The van der Waals surface area contributed by atoms with Gasteiger partial charge in [-0.15, -0.1) is 0 Å². The third kappa shape index (κ3) is 4.56. The third-order valence-corrected chi connectivity index (χ3v) is 16.1. The molecular formula is C24H46Si. The van der Waals surface area contributed by atoms with E-state index in [9.17, 15) is 0 Å². The van der Waals surface area contributed by atoms with Gasteiger partial charge in [0, 0.05) is 0 Å². The van der Waals surface area contributed by atoms with Crippen LogP contribution >= 0.6 is 0 Å². The van der Waals surface area contributed by atoms with Gasteiger partial charge in [0.05, 0.1) is 8.07 Å². The molecule has 0 heterocycles. The lowest BCUT2D eigenvalue weighted by Crippen LogP contribution is -2.40. The topological polar surface area (TPSA) is 0 Å². The van der Waals surface area contributed by atoms with Crippen LogP contribution in [-0.2, 0) is 0 Å². The van der Waals surface area contributed by atoms with Gasteiger partial charge in [-0.25, -0.2) is 0 Å². The van der Waals surface area contributed by atoms with E-state index in [1.165, 1.54) is 24.8 Å². The zero-order valence-corrected chi connectivity index (χ0v) is 18.7. The normalized spacial score (nSPS) is 35.6. The summed E-state index contributed by atoms with van der Waals surface area (Å²) in [7, 11) is -0.929. The molecule has 0 aromatic heterocycles. The Morgan fingerprint density at radius 3 is 1.24 bits per heavy atom. The molecule has 0 radical (unpaired) electrons. The Balaban J connectivity index is 1.44. The summed E-state index contributed by atoms with van der Waals surface area (Å²) < 4.78 is 0. The minimum atomic E-state index is -0.929. The smallest absolute Gasteiger partial charge is 0.0558 e. The van der Waals surface area contributed by atoms with Gasteiger partial charge in [-0.05, 0) is 54.9 Å². The van der Waals surface area contributed by atoms with Gasteiger partial charge in [-0.3, -0.25) is 0 Å². The van der Waals surface area contributed by atoms with E-state index >= 15 is 0 Å². The van der Waals surface area contributed by atoms with Crippen molar-refractivity contribution in [2.45, 2.75) is 128 Å². The van der Waals surface area contributed by atoms with Crippen molar-refractivity contribution in [1.29, 1.82) is 0 Å².